The molecule has 0 radical (unpaired) electrons. The highest BCUT2D eigenvalue weighted by Gasteiger charge is 2.26. The van der Waals surface area contributed by atoms with Crippen LogP contribution in [0.5, 0.6) is 0 Å². The van der Waals surface area contributed by atoms with E-state index in [4.69, 9.17) is 5.73 Å². The van der Waals surface area contributed by atoms with E-state index >= 15 is 0 Å². The highest BCUT2D eigenvalue weighted by atomic mass is 19.1. The first kappa shape index (κ1) is 19.7. The first-order chi connectivity index (χ1) is 15.4. The van der Waals surface area contributed by atoms with Gasteiger partial charge < -0.3 is 16.0 Å². The van der Waals surface area contributed by atoms with Gasteiger partial charge in [0.1, 0.15) is 17.3 Å². The number of hydrogen-bond donors (Lipinski definition) is 3. The van der Waals surface area contributed by atoms with Crippen LogP contribution in [0, 0.1) is 11.6 Å². The second-order valence-corrected chi connectivity index (χ2v) is 7.51. The first-order valence-electron chi connectivity index (χ1n) is 9.81. The molecule has 0 bridgehead atoms. The van der Waals surface area contributed by atoms with Crippen molar-refractivity contribution in [1.29, 1.82) is 0 Å². The maximum Gasteiger partial charge on any atom is 0.251 e. The lowest BCUT2D eigenvalue weighted by Gasteiger charge is -2.07. The number of aromatic nitrogens is 4. The summed E-state index contributed by atoms with van der Waals surface area (Å²) in [5, 5.41) is 3.55. The molecule has 3 heterocycles. The third kappa shape index (κ3) is 3.45. The molecular formula is C22H16F2N6O2. The largest absolute Gasteiger partial charge is 0.366 e. The van der Waals surface area contributed by atoms with E-state index in [-0.39, 0.29) is 5.56 Å². The van der Waals surface area contributed by atoms with E-state index in [1.807, 2.05) is 0 Å². The average molecular weight is 434 g/mol. The predicted molar refractivity (Wildman–Crippen MR) is 112 cm³/mol. The molecule has 160 valence electrons. The van der Waals surface area contributed by atoms with Gasteiger partial charge in [-0.05, 0) is 31.0 Å². The third-order valence-corrected chi connectivity index (χ3v) is 5.26. The van der Waals surface area contributed by atoms with Crippen LogP contribution in [0.25, 0.3) is 22.2 Å². The van der Waals surface area contributed by atoms with Crippen LogP contribution in [0.15, 0.2) is 43.0 Å². The van der Waals surface area contributed by atoms with Crippen molar-refractivity contribution in [1.82, 2.24) is 19.9 Å². The summed E-state index contributed by atoms with van der Waals surface area (Å²) in [6, 6.07) is 3.82. The first-order valence-corrected chi connectivity index (χ1v) is 9.81. The smallest absolute Gasteiger partial charge is 0.251 e. The molecule has 0 unspecified atom stereocenters. The molecule has 1 aliphatic rings. The van der Waals surface area contributed by atoms with Gasteiger partial charge in [0.05, 0.1) is 11.1 Å². The Labute approximate surface area is 179 Å². The maximum absolute atomic E-state index is 14.7. The molecule has 1 aromatic carbocycles. The Hall–Kier alpha value is -4.21. The maximum atomic E-state index is 14.7. The second kappa shape index (κ2) is 7.49. The van der Waals surface area contributed by atoms with Crippen LogP contribution in [0.2, 0.25) is 0 Å². The van der Waals surface area contributed by atoms with Gasteiger partial charge in [0.15, 0.2) is 0 Å². The predicted octanol–water partition coefficient (Wildman–Crippen LogP) is 3.20. The van der Waals surface area contributed by atoms with Crippen LogP contribution in [0.4, 0.5) is 14.7 Å². The minimum Gasteiger partial charge on any atom is -0.366 e. The molecule has 5 rings (SSSR count). The normalized spacial score (nSPS) is 13.3. The number of anilines is 1. The fourth-order valence-electron chi connectivity index (χ4n) is 3.40. The lowest BCUT2D eigenvalue weighted by Crippen LogP contribution is -2.17. The Morgan fingerprint density at radius 3 is 2.44 bits per heavy atom. The minimum atomic E-state index is -1.30. The van der Waals surface area contributed by atoms with Crippen molar-refractivity contribution >= 4 is 28.7 Å². The fourth-order valence-corrected chi connectivity index (χ4v) is 3.40. The number of aromatic amines is 1. The number of pyridine rings is 1. The summed E-state index contributed by atoms with van der Waals surface area (Å²) in [6.07, 6.45) is 8.35. The number of primary amides is 1. The van der Waals surface area contributed by atoms with Gasteiger partial charge >= 0.3 is 0 Å². The summed E-state index contributed by atoms with van der Waals surface area (Å²) in [5.41, 5.74) is 5.34. The molecule has 4 aromatic rings. The number of nitrogens with one attached hydrogen (secondary N) is 2. The monoisotopic (exact) mass is 434 g/mol. The van der Waals surface area contributed by atoms with Gasteiger partial charge in [-0.3, -0.25) is 9.59 Å². The molecule has 1 fully saturated rings. The van der Waals surface area contributed by atoms with Gasteiger partial charge in [-0.1, -0.05) is 0 Å². The fraction of sp³-hybridized carbons (Fsp3) is 0.136. The van der Waals surface area contributed by atoms with Crippen LogP contribution in [0.3, 0.4) is 0 Å². The van der Waals surface area contributed by atoms with Crippen molar-refractivity contribution in [2.24, 2.45) is 5.73 Å². The molecule has 10 heteroatoms. The van der Waals surface area contributed by atoms with E-state index in [1.54, 1.807) is 24.7 Å². The number of carbonyl (C=O) groups excluding carboxylic acids is 2. The number of nitrogens with two attached hydrogens (primary N) is 1. The second-order valence-electron chi connectivity index (χ2n) is 7.51. The molecular weight excluding hydrogens is 418 g/mol. The Morgan fingerprint density at radius 1 is 1.03 bits per heavy atom. The topological polar surface area (TPSA) is 127 Å². The van der Waals surface area contributed by atoms with Crippen LogP contribution < -0.4 is 11.1 Å². The molecule has 8 nitrogen and oxygen atoms in total. The summed E-state index contributed by atoms with van der Waals surface area (Å²) >= 11 is 0. The van der Waals surface area contributed by atoms with Gasteiger partial charge in [-0.25, -0.2) is 23.7 Å². The standard InChI is InChI=1S/C22H16F2N6O2/c23-16-4-3-13(20(25)32)18(24)17(16)19(31)15-9-27-21-14(15)5-10(6-26-21)11-7-28-22(29-8-11)30-12-1-2-12/h3-9,12H,1-2H2,(H2,25,32)(H,26,27)(H,28,29,30). The lowest BCUT2D eigenvalue weighted by molar-refractivity contribution is 0.0996. The number of nitrogens with zero attached hydrogens (tertiary/aromatic N) is 3. The van der Waals surface area contributed by atoms with Crippen LogP contribution in [-0.2, 0) is 0 Å². The minimum absolute atomic E-state index is 0.00158. The SMILES string of the molecule is NC(=O)c1ccc(F)c(C(=O)c2c[nH]c3ncc(-c4cnc(NC5CC5)nc4)cc23)c1F. The van der Waals surface area contributed by atoms with E-state index in [9.17, 15) is 18.4 Å². The summed E-state index contributed by atoms with van der Waals surface area (Å²) < 4.78 is 29.0. The third-order valence-electron chi connectivity index (χ3n) is 5.26. The Balaban J connectivity index is 1.54. The molecule has 3 aromatic heterocycles. The molecule has 32 heavy (non-hydrogen) atoms. The van der Waals surface area contributed by atoms with Crippen molar-refractivity contribution in [2.45, 2.75) is 18.9 Å². The van der Waals surface area contributed by atoms with Gasteiger partial charge in [0.2, 0.25) is 11.7 Å². The van der Waals surface area contributed by atoms with Gasteiger partial charge in [0, 0.05) is 52.9 Å². The summed E-state index contributed by atoms with van der Waals surface area (Å²) in [4.78, 5) is 40.1. The number of benzene rings is 1. The number of hydrogen-bond acceptors (Lipinski definition) is 6. The van der Waals surface area contributed by atoms with E-state index in [0.717, 1.165) is 25.0 Å². The number of fused-ring (bicyclic) bond motifs is 1. The van der Waals surface area contributed by atoms with Gasteiger partial charge in [-0.15, -0.1) is 0 Å². The number of amides is 1. The summed E-state index contributed by atoms with van der Waals surface area (Å²) in [5.74, 6) is -3.90. The van der Waals surface area contributed by atoms with Crippen LogP contribution >= 0.6 is 0 Å². The Kier molecular flexibility index (Phi) is 4.62. The average Bonchev–Trinajstić information content (AvgIpc) is 3.49. The molecule has 0 saturated heterocycles. The zero-order valence-corrected chi connectivity index (χ0v) is 16.5. The number of halogens is 2. The molecule has 0 atom stereocenters. The molecule has 1 saturated carbocycles. The zero-order chi connectivity index (χ0) is 22.4. The Morgan fingerprint density at radius 2 is 1.75 bits per heavy atom. The summed E-state index contributed by atoms with van der Waals surface area (Å²) in [7, 11) is 0. The lowest BCUT2D eigenvalue weighted by atomic mass is 9.98. The van der Waals surface area contributed by atoms with E-state index in [1.165, 1.54) is 6.20 Å². The zero-order valence-electron chi connectivity index (χ0n) is 16.5. The molecule has 1 amide bonds. The van der Waals surface area contributed by atoms with Crippen molar-refractivity contribution in [3.63, 3.8) is 0 Å². The van der Waals surface area contributed by atoms with Crippen LogP contribution in [0.1, 0.15) is 39.1 Å². The van der Waals surface area contributed by atoms with Crippen molar-refractivity contribution < 1.29 is 18.4 Å². The molecule has 1 aliphatic carbocycles. The van der Waals surface area contributed by atoms with Gasteiger partial charge in [-0.2, -0.15) is 0 Å². The highest BCUT2D eigenvalue weighted by molar-refractivity contribution is 6.17. The van der Waals surface area contributed by atoms with E-state index < -0.39 is 34.5 Å². The van der Waals surface area contributed by atoms with E-state index in [2.05, 4.69) is 25.3 Å². The van der Waals surface area contributed by atoms with Crippen molar-refractivity contribution in [3.05, 3.63) is 71.3 Å². The van der Waals surface area contributed by atoms with Crippen LogP contribution in [-0.4, -0.2) is 37.7 Å². The number of rotatable bonds is 6. The summed E-state index contributed by atoms with van der Waals surface area (Å²) in [6.45, 7) is 0. The molecule has 4 N–H and O–H groups in total. The number of ketones is 1. The quantitative estimate of drug-likeness (QED) is 0.400. The van der Waals surface area contributed by atoms with Gasteiger partial charge in [0.25, 0.3) is 5.91 Å². The number of carbonyl (C=O) groups is 2. The highest BCUT2D eigenvalue weighted by Crippen LogP contribution is 2.28. The molecule has 0 aliphatic heterocycles. The van der Waals surface area contributed by atoms with Crippen molar-refractivity contribution in [2.75, 3.05) is 5.32 Å². The van der Waals surface area contributed by atoms with Crippen molar-refractivity contribution in [3.8, 4) is 11.1 Å². The number of H-pyrrole nitrogens is 1. The Bertz CT molecular complexity index is 1380. The molecule has 0 spiro atoms. The van der Waals surface area contributed by atoms with E-state index in [0.29, 0.717) is 34.2 Å².